The fraction of sp³-hybridized carbons (Fsp3) is 0.222. The number of sulfonamides is 1. The number of nitrogens with zero attached hydrogens (tertiary/aromatic N) is 1. The molecule has 1 aliphatic heterocycles. The second kappa shape index (κ2) is 7.43. The minimum absolute atomic E-state index is 0.0133. The Labute approximate surface area is 155 Å². The van der Waals surface area contributed by atoms with Crippen LogP contribution < -0.4 is 10.0 Å². The lowest BCUT2D eigenvalue weighted by atomic mass is 10.1. The number of halogens is 2. The maximum atomic E-state index is 13.7. The van der Waals surface area contributed by atoms with Crippen molar-refractivity contribution in [2.24, 2.45) is 4.99 Å². The fourth-order valence-electron chi connectivity index (χ4n) is 2.76. The van der Waals surface area contributed by atoms with Crippen LogP contribution in [0.2, 0.25) is 0 Å². The number of benzene rings is 2. The third-order valence-corrected chi connectivity index (χ3v) is 5.48. The van der Waals surface area contributed by atoms with Gasteiger partial charge in [-0.25, -0.2) is 17.2 Å². The van der Waals surface area contributed by atoms with Crippen molar-refractivity contribution in [3.8, 4) is 0 Å². The van der Waals surface area contributed by atoms with Crippen LogP contribution in [0.4, 0.5) is 8.78 Å². The molecule has 1 unspecified atom stereocenters. The first-order valence-electron chi connectivity index (χ1n) is 8.19. The van der Waals surface area contributed by atoms with Crippen LogP contribution in [0, 0.1) is 11.6 Å². The zero-order valence-electron chi connectivity index (χ0n) is 14.4. The molecule has 0 aromatic heterocycles. The minimum Gasteiger partial charge on any atom is -0.349 e. The highest BCUT2D eigenvalue weighted by Crippen LogP contribution is 2.22. The molecule has 1 heterocycles. The standard InChI is InChI=1S/C18H17F2N3O3S/c1-11(13-7-6-12(19)10-15(13)20)22-17(24)8-9-21-18-14-4-2-3-5-16(14)27(25,26)23-18/h2-7,10-11H,8-9H2,1H3,(H,21,23)(H,22,24). The van der Waals surface area contributed by atoms with Gasteiger partial charge in [-0.15, -0.1) is 0 Å². The van der Waals surface area contributed by atoms with E-state index < -0.39 is 27.7 Å². The van der Waals surface area contributed by atoms with Crippen molar-refractivity contribution in [2.75, 3.05) is 6.54 Å². The minimum atomic E-state index is -3.62. The van der Waals surface area contributed by atoms with Gasteiger partial charge in [-0.3, -0.25) is 14.5 Å². The average molecular weight is 393 g/mol. The summed E-state index contributed by atoms with van der Waals surface area (Å²) in [5, 5.41) is 2.61. The van der Waals surface area contributed by atoms with Crippen molar-refractivity contribution in [1.29, 1.82) is 0 Å². The van der Waals surface area contributed by atoms with Gasteiger partial charge in [0, 0.05) is 23.6 Å². The highest BCUT2D eigenvalue weighted by atomic mass is 32.2. The molecule has 0 radical (unpaired) electrons. The number of fused-ring (bicyclic) bond motifs is 1. The van der Waals surface area contributed by atoms with Crippen LogP contribution in [0.1, 0.15) is 30.5 Å². The number of hydrogen-bond acceptors (Lipinski definition) is 4. The molecule has 0 saturated heterocycles. The number of carbonyl (C=O) groups is 1. The van der Waals surface area contributed by atoms with Gasteiger partial charge < -0.3 is 5.32 Å². The molecular weight excluding hydrogens is 376 g/mol. The van der Waals surface area contributed by atoms with E-state index in [0.29, 0.717) is 5.56 Å². The van der Waals surface area contributed by atoms with Crippen molar-refractivity contribution in [3.05, 3.63) is 65.2 Å². The Morgan fingerprint density at radius 1 is 1.22 bits per heavy atom. The number of rotatable bonds is 5. The summed E-state index contributed by atoms with van der Waals surface area (Å²) in [6.07, 6.45) is -0.0133. The van der Waals surface area contributed by atoms with Gasteiger partial charge in [0.1, 0.15) is 17.5 Å². The van der Waals surface area contributed by atoms with Gasteiger partial charge in [0.25, 0.3) is 10.0 Å². The normalized spacial score (nSPS) is 17.2. The lowest BCUT2D eigenvalue weighted by Crippen LogP contribution is -2.28. The lowest BCUT2D eigenvalue weighted by molar-refractivity contribution is -0.121. The average Bonchev–Trinajstić information content (AvgIpc) is 2.86. The molecule has 142 valence electrons. The smallest absolute Gasteiger partial charge is 0.263 e. The van der Waals surface area contributed by atoms with E-state index in [1.165, 1.54) is 12.1 Å². The van der Waals surface area contributed by atoms with Gasteiger partial charge >= 0.3 is 0 Å². The first-order valence-corrected chi connectivity index (χ1v) is 9.67. The lowest BCUT2D eigenvalue weighted by Gasteiger charge is -2.14. The van der Waals surface area contributed by atoms with E-state index >= 15 is 0 Å². The zero-order valence-corrected chi connectivity index (χ0v) is 15.2. The van der Waals surface area contributed by atoms with E-state index in [1.54, 1.807) is 25.1 Å². The topological polar surface area (TPSA) is 87.6 Å². The third kappa shape index (κ3) is 4.13. The quantitative estimate of drug-likeness (QED) is 0.817. The molecule has 27 heavy (non-hydrogen) atoms. The third-order valence-electron chi connectivity index (χ3n) is 4.08. The molecule has 6 nitrogen and oxygen atoms in total. The Hall–Kier alpha value is -2.81. The van der Waals surface area contributed by atoms with E-state index in [0.717, 1.165) is 12.1 Å². The molecule has 9 heteroatoms. The number of amides is 1. The Bertz CT molecular complexity index is 1020. The van der Waals surface area contributed by atoms with Crippen LogP contribution in [0.3, 0.4) is 0 Å². The van der Waals surface area contributed by atoms with Crippen molar-refractivity contribution < 1.29 is 22.0 Å². The summed E-state index contributed by atoms with van der Waals surface area (Å²) in [7, 11) is -3.62. The van der Waals surface area contributed by atoms with Crippen LogP contribution in [0.5, 0.6) is 0 Å². The highest BCUT2D eigenvalue weighted by Gasteiger charge is 2.29. The fourth-order valence-corrected chi connectivity index (χ4v) is 4.02. The molecule has 1 amide bonds. The number of amidine groups is 1. The maximum absolute atomic E-state index is 13.7. The summed E-state index contributed by atoms with van der Waals surface area (Å²) >= 11 is 0. The van der Waals surface area contributed by atoms with E-state index in [4.69, 9.17) is 0 Å². The summed E-state index contributed by atoms with van der Waals surface area (Å²) in [6, 6.07) is 8.94. The van der Waals surface area contributed by atoms with E-state index in [1.807, 2.05) is 0 Å². The van der Waals surface area contributed by atoms with Crippen molar-refractivity contribution in [2.45, 2.75) is 24.3 Å². The SMILES string of the molecule is CC(NC(=O)CCN=C1NS(=O)(=O)c2ccccc21)c1ccc(F)cc1F. The summed E-state index contributed by atoms with van der Waals surface area (Å²) in [5.74, 6) is -1.62. The van der Waals surface area contributed by atoms with Crippen molar-refractivity contribution in [3.63, 3.8) is 0 Å². The molecule has 2 N–H and O–H groups in total. The molecular formula is C18H17F2N3O3S. The molecule has 0 aliphatic carbocycles. The summed E-state index contributed by atoms with van der Waals surface area (Å²) in [6.45, 7) is 1.64. The van der Waals surface area contributed by atoms with Gasteiger partial charge in [-0.1, -0.05) is 18.2 Å². The predicted octanol–water partition coefficient (Wildman–Crippen LogP) is 2.27. The zero-order chi connectivity index (χ0) is 19.6. The first-order chi connectivity index (χ1) is 12.8. The maximum Gasteiger partial charge on any atom is 0.263 e. The molecule has 0 bridgehead atoms. The number of hydrogen-bond donors (Lipinski definition) is 2. The molecule has 0 spiro atoms. The molecule has 3 rings (SSSR count). The largest absolute Gasteiger partial charge is 0.349 e. The second-order valence-corrected chi connectivity index (χ2v) is 7.69. The first kappa shape index (κ1) is 19.0. The Morgan fingerprint density at radius 2 is 1.96 bits per heavy atom. The Morgan fingerprint density at radius 3 is 2.70 bits per heavy atom. The van der Waals surface area contributed by atoms with Crippen LogP contribution >= 0.6 is 0 Å². The van der Waals surface area contributed by atoms with E-state index in [2.05, 4.69) is 15.0 Å². The van der Waals surface area contributed by atoms with Crippen LogP contribution in [0.15, 0.2) is 52.4 Å². The van der Waals surface area contributed by atoms with Crippen LogP contribution in [-0.4, -0.2) is 26.7 Å². The molecule has 1 aliphatic rings. The highest BCUT2D eigenvalue weighted by molar-refractivity contribution is 7.90. The van der Waals surface area contributed by atoms with Gasteiger partial charge in [0.05, 0.1) is 17.5 Å². The monoisotopic (exact) mass is 393 g/mol. The molecule has 0 fully saturated rings. The number of nitrogens with one attached hydrogen (secondary N) is 2. The van der Waals surface area contributed by atoms with Crippen molar-refractivity contribution in [1.82, 2.24) is 10.0 Å². The summed E-state index contributed by atoms with van der Waals surface area (Å²) in [5.41, 5.74) is 0.633. The molecule has 2 aromatic carbocycles. The summed E-state index contributed by atoms with van der Waals surface area (Å²) < 4.78 is 53.0. The predicted molar refractivity (Wildman–Crippen MR) is 95.7 cm³/mol. The Kier molecular flexibility index (Phi) is 5.22. The van der Waals surface area contributed by atoms with Gasteiger partial charge in [-0.2, -0.15) is 0 Å². The second-order valence-electron chi connectivity index (χ2n) is 6.04. The molecule has 2 aromatic rings. The van der Waals surface area contributed by atoms with E-state index in [9.17, 15) is 22.0 Å². The van der Waals surface area contributed by atoms with Crippen LogP contribution in [-0.2, 0) is 14.8 Å². The molecule has 1 atom stereocenters. The number of carbonyl (C=O) groups excluding carboxylic acids is 1. The van der Waals surface area contributed by atoms with Crippen molar-refractivity contribution >= 4 is 21.8 Å². The van der Waals surface area contributed by atoms with Gasteiger partial charge in [0.2, 0.25) is 5.91 Å². The van der Waals surface area contributed by atoms with Gasteiger partial charge in [0.15, 0.2) is 0 Å². The van der Waals surface area contributed by atoms with Crippen LogP contribution in [0.25, 0.3) is 0 Å². The Balaban J connectivity index is 1.61. The van der Waals surface area contributed by atoms with E-state index in [-0.39, 0.29) is 35.2 Å². The molecule has 0 saturated carbocycles. The number of aliphatic imine (C=N–C) groups is 1. The van der Waals surface area contributed by atoms with Gasteiger partial charge in [-0.05, 0) is 25.1 Å². The summed E-state index contributed by atoms with van der Waals surface area (Å²) in [4.78, 5) is 16.3.